The average molecular weight is 266 g/mol. The lowest BCUT2D eigenvalue weighted by molar-refractivity contribution is 0.233. The van der Waals surface area contributed by atoms with Gasteiger partial charge in [-0.1, -0.05) is 41.5 Å². The minimum absolute atomic E-state index is 0.221. The molecule has 1 atom stereocenters. The van der Waals surface area contributed by atoms with Crippen LogP contribution in [0.1, 0.15) is 59.6 Å². The van der Waals surface area contributed by atoms with Gasteiger partial charge in [-0.15, -0.1) is 0 Å². The van der Waals surface area contributed by atoms with Gasteiger partial charge >= 0.3 is 0 Å². The first-order valence-corrected chi connectivity index (χ1v) is 7.58. The molecule has 1 aromatic heterocycles. The Morgan fingerprint density at radius 3 is 2.32 bits per heavy atom. The van der Waals surface area contributed by atoms with Crippen LogP contribution in [0.3, 0.4) is 0 Å². The van der Waals surface area contributed by atoms with Gasteiger partial charge in [-0.05, 0) is 18.4 Å². The predicted octanol–water partition coefficient (Wildman–Crippen LogP) is 2.82. The summed E-state index contributed by atoms with van der Waals surface area (Å²) < 4.78 is 2.09. The topological polar surface area (TPSA) is 42.7 Å². The summed E-state index contributed by atoms with van der Waals surface area (Å²) in [7, 11) is 0. The molecular formula is C15H30N4. The monoisotopic (exact) mass is 266 g/mol. The number of nitrogens with one attached hydrogen (secondary N) is 1. The van der Waals surface area contributed by atoms with Crippen molar-refractivity contribution in [2.24, 2.45) is 5.41 Å². The van der Waals surface area contributed by atoms with E-state index in [9.17, 15) is 0 Å². The van der Waals surface area contributed by atoms with E-state index in [-0.39, 0.29) is 5.41 Å². The highest BCUT2D eigenvalue weighted by Crippen LogP contribution is 2.21. The van der Waals surface area contributed by atoms with Crippen molar-refractivity contribution in [2.45, 2.75) is 73.4 Å². The fourth-order valence-corrected chi connectivity index (χ4v) is 2.12. The van der Waals surface area contributed by atoms with Gasteiger partial charge in [-0.2, -0.15) is 5.10 Å². The summed E-state index contributed by atoms with van der Waals surface area (Å²) >= 11 is 0. The van der Waals surface area contributed by atoms with Gasteiger partial charge in [0.2, 0.25) is 0 Å². The highest BCUT2D eigenvalue weighted by Gasteiger charge is 2.25. The van der Waals surface area contributed by atoms with E-state index >= 15 is 0 Å². The molecule has 0 spiro atoms. The highest BCUT2D eigenvalue weighted by atomic mass is 15.4. The van der Waals surface area contributed by atoms with Crippen LogP contribution < -0.4 is 5.32 Å². The van der Waals surface area contributed by atoms with Gasteiger partial charge in [-0.25, -0.2) is 9.67 Å². The Kier molecular flexibility index (Phi) is 5.98. The molecular weight excluding hydrogens is 236 g/mol. The summed E-state index contributed by atoms with van der Waals surface area (Å²) in [5.74, 6) is 2.06. The van der Waals surface area contributed by atoms with Crippen LogP contribution in [0.5, 0.6) is 0 Å². The largest absolute Gasteiger partial charge is 0.312 e. The van der Waals surface area contributed by atoms with Crippen LogP contribution in [-0.2, 0) is 19.4 Å². The van der Waals surface area contributed by atoms with Crippen molar-refractivity contribution >= 4 is 0 Å². The van der Waals surface area contributed by atoms with Crippen LogP contribution in [0.25, 0.3) is 0 Å². The van der Waals surface area contributed by atoms with Crippen LogP contribution in [0, 0.1) is 5.41 Å². The minimum atomic E-state index is 0.221. The highest BCUT2D eigenvalue weighted by molar-refractivity contribution is 4.94. The summed E-state index contributed by atoms with van der Waals surface area (Å²) in [5.41, 5.74) is 0.221. The molecule has 4 heteroatoms. The first-order chi connectivity index (χ1) is 8.92. The SMILES string of the molecule is CCCNC(Cn1nc(CC)nc1CC)C(C)(C)C. The molecule has 0 aliphatic rings. The Labute approximate surface area is 118 Å². The van der Waals surface area contributed by atoms with E-state index in [2.05, 4.69) is 61.6 Å². The number of hydrogen-bond donors (Lipinski definition) is 1. The molecule has 4 nitrogen and oxygen atoms in total. The van der Waals surface area contributed by atoms with Crippen molar-refractivity contribution in [3.63, 3.8) is 0 Å². The molecule has 1 rings (SSSR count). The minimum Gasteiger partial charge on any atom is -0.312 e. The zero-order valence-electron chi connectivity index (χ0n) is 13.5. The van der Waals surface area contributed by atoms with Crippen molar-refractivity contribution in [3.8, 4) is 0 Å². The van der Waals surface area contributed by atoms with Crippen LogP contribution in [-0.4, -0.2) is 27.4 Å². The second-order valence-electron chi connectivity index (χ2n) is 6.21. The predicted molar refractivity (Wildman–Crippen MR) is 80.3 cm³/mol. The van der Waals surface area contributed by atoms with Gasteiger partial charge in [0.15, 0.2) is 5.82 Å². The van der Waals surface area contributed by atoms with Gasteiger partial charge in [0, 0.05) is 18.9 Å². The molecule has 0 radical (unpaired) electrons. The third-order valence-corrected chi connectivity index (χ3v) is 3.47. The third-order valence-electron chi connectivity index (χ3n) is 3.47. The van der Waals surface area contributed by atoms with Crippen molar-refractivity contribution in [1.29, 1.82) is 0 Å². The van der Waals surface area contributed by atoms with Crippen molar-refractivity contribution in [2.75, 3.05) is 6.54 Å². The van der Waals surface area contributed by atoms with E-state index in [1.807, 2.05) is 0 Å². The smallest absolute Gasteiger partial charge is 0.150 e. The van der Waals surface area contributed by atoms with E-state index in [0.717, 1.165) is 44.0 Å². The average Bonchev–Trinajstić information content (AvgIpc) is 2.75. The molecule has 0 bridgehead atoms. The quantitative estimate of drug-likeness (QED) is 0.825. The van der Waals surface area contributed by atoms with Gasteiger partial charge in [0.25, 0.3) is 0 Å². The molecule has 110 valence electrons. The molecule has 1 N–H and O–H groups in total. The van der Waals surface area contributed by atoms with E-state index in [1.54, 1.807) is 0 Å². The summed E-state index contributed by atoms with van der Waals surface area (Å²) in [4.78, 5) is 4.59. The zero-order valence-corrected chi connectivity index (χ0v) is 13.5. The van der Waals surface area contributed by atoms with E-state index in [1.165, 1.54) is 0 Å². The summed E-state index contributed by atoms with van der Waals surface area (Å²) in [5, 5.41) is 8.27. The molecule has 0 saturated carbocycles. The molecule has 0 fully saturated rings. The number of rotatable bonds is 7. The van der Waals surface area contributed by atoms with Crippen molar-refractivity contribution in [3.05, 3.63) is 11.6 Å². The molecule has 1 aromatic rings. The maximum atomic E-state index is 4.63. The van der Waals surface area contributed by atoms with Gasteiger partial charge in [0.05, 0.1) is 6.54 Å². The van der Waals surface area contributed by atoms with Crippen molar-refractivity contribution < 1.29 is 0 Å². The molecule has 19 heavy (non-hydrogen) atoms. The Bertz CT molecular complexity index is 376. The molecule has 0 aliphatic carbocycles. The summed E-state index contributed by atoms with van der Waals surface area (Å²) in [6.07, 6.45) is 3.00. The number of hydrogen-bond acceptors (Lipinski definition) is 3. The second-order valence-corrected chi connectivity index (χ2v) is 6.21. The fourth-order valence-electron chi connectivity index (χ4n) is 2.12. The number of aromatic nitrogens is 3. The molecule has 0 amide bonds. The van der Waals surface area contributed by atoms with Crippen molar-refractivity contribution in [1.82, 2.24) is 20.1 Å². The molecule has 0 aliphatic heterocycles. The Balaban J connectivity index is 2.85. The maximum absolute atomic E-state index is 4.63. The molecule has 0 saturated heterocycles. The lowest BCUT2D eigenvalue weighted by atomic mass is 9.86. The number of aryl methyl sites for hydroxylation is 2. The normalized spacial score (nSPS) is 13.8. The zero-order chi connectivity index (χ0) is 14.5. The van der Waals surface area contributed by atoms with Crippen LogP contribution in [0.15, 0.2) is 0 Å². The molecule has 0 aromatic carbocycles. The standard InChI is InChI=1S/C15H30N4/c1-7-10-16-12(15(4,5)6)11-19-14(9-3)17-13(8-2)18-19/h12,16H,7-11H2,1-6H3. The first-order valence-electron chi connectivity index (χ1n) is 7.58. The van der Waals surface area contributed by atoms with E-state index in [4.69, 9.17) is 0 Å². The van der Waals surface area contributed by atoms with Crippen LogP contribution >= 0.6 is 0 Å². The first kappa shape index (κ1) is 16.2. The summed E-state index contributed by atoms with van der Waals surface area (Å²) in [6.45, 7) is 15.3. The van der Waals surface area contributed by atoms with Gasteiger partial charge in [-0.3, -0.25) is 0 Å². The molecule has 1 unspecified atom stereocenters. The van der Waals surface area contributed by atoms with Gasteiger partial charge < -0.3 is 5.32 Å². The van der Waals surface area contributed by atoms with Crippen LogP contribution in [0.2, 0.25) is 0 Å². The second kappa shape index (κ2) is 7.04. The third kappa shape index (κ3) is 4.60. The maximum Gasteiger partial charge on any atom is 0.150 e. The Hall–Kier alpha value is -0.900. The lowest BCUT2D eigenvalue weighted by Crippen LogP contribution is -2.44. The Morgan fingerprint density at radius 2 is 1.84 bits per heavy atom. The van der Waals surface area contributed by atoms with E-state index in [0.29, 0.717) is 6.04 Å². The van der Waals surface area contributed by atoms with Crippen LogP contribution in [0.4, 0.5) is 0 Å². The van der Waals surface area contributed by atoms with Gasteiger partial charge in [0.1, 0.15) is 5.82 Å². The number of nitrogens with zero attached hydrogens (tertiary/aromatic N) is 3. The molecule has 1 heterocycles. The Morgan fingerprint density at radius 1 is 1.16 bits per heavy atom. The summed E-state index contributed by atoms with van der Waals surface area (Å²) in [6, 6.07) is 0.421. The van der Waals surface area contributed by atoms with E-state index < -0.39 is 0 Å². The fraction of sp³-hybridized carbons (Fsp3) is 0.867. The lowest BCUT2D eigenvalue weighted by Gasteiger charge is -2.31.